The Kier molecular flexibility index (Phi) is 5.21. The third-order valence-corrected chi connectivity index (χ3v) is 3.72. The van der Waals surface area contributed by atoms with E-state index in [0.717, 1.165) is 10.9 Å². The van der Waals surface area contributed by atoms with Crippen molar-refractivity contribution < 1.29 is 22.7 Å². The minimum Gasteiger partial charge on any atom is -0.481 e. The van der Waals surface area contributed by atoms with Gasteiger partial charge in [-0.15, -0.1) is 4.68 Å². The molecule has 0 fully saturated rings. The molecule has 0 bridgehead atoms. The van der Waals surface area contributed by atoms with Crippen LogP contribution in [-0.4, -0.2) is 53.2 Å². The van der Waals surface area contributed by atoms with Crippen LogP contribution in [0, 0.1) is 6.92 Å². The van der Waals surface area contributed by atoms with E-state index in [1.165, 1.54) is 13.2 Å². The van der Waals surface area contributed by atoms with Gasteiger partial charge >= 0.3 is 6.09 Å². The number of ether oxygens (including phenoxy) is 2. The van der Waals surface area contributed by atoms with Gasteiger partial charge in [-0.05, 0) is 27.7 Å². The standard InChI is InChI=1S/C15H21N5O5S/c1-9-7-11(20(19-9)14(21)25-15(2,3)4)16-10-8-12(24-5)18-13(17-10)26(6,22)23/h7-8H,1-6H3,(H,16,17,18). The minimum absolute atomic E-state index is 0.0583. The molecule has 0 saturated carbocycles. The van der Waals surface area contributed by atoms with Crippen molar-refractivity contribution in [1.82, 2.24) is 19.7 Å². The number of carbonyl (C=O) groups excluding carboxylic acids is 1. The van der Waals surface area contributed by atoms with Crippen LogP contribution in [0.25, 0.3) is 0 Å². The summed E-state index contributed by atoms with van der Waals surface area (Å²) in [6, 6.07) is 3.00. The Balaban J connectivity index is 2.42. The third-order valence-electron chi connectivity index (χ3n) is 2.88. The van der Waals surface area contributed by atoms with Gasteiger partial charge in [0.25, 0.3) is 5.16 Å². The van der Waals surface area contributed by atoms with Crippen LogP contribution in [-0.2, 0) is 14.6 Å². The molecule has 1 N–H and O–H groups in total. The maximum Gasteiger partial charge on any atom is 0.437 e. The van der Waals surface area contributed by atoms with Gasteiger partial charge in [0.15, 0.2) is 0 Å². The Hall–Kier alpha value is -2.69. The van der Waals surface area contributed by atoms with E-state index in [0.29, 0.717) is 5.69 Å². The molecule has 10 nitrogen and oxygen atoms in total. The number of methoxy groups -OCH3 is 1. The van der Waals surface area contributed by atoms with Crippen LogP contribution in [0.4, 0.5) is 16.4 Å². The molecule has 2 rings (SSSR count). The smallest absolute Gasteiger partial charge is 0.437 e. The molecule has 2 aromatic rings. The highest BCUT2D eigenvalue weighted by molar-refractivity contribution is 7.90. The van der Waals surface area contributed by atoms with Crippen LogP contribution >= 0.6 is 0 Å². The Labute approximate surface area is 151 Å². The van der Waals surface area contributed by atoms with Crippen molar-refractivity contribution in [2.45, 2.75) is 38.5 Å². The second-order valence-corrected chi connectivity index (χ2v) is 8.45. The summed E-state index contributed by atoms with van der Waals surface area (Å²) in [7, 11) is -2.30. The Morgan fingerprint density at radius 1 is 1.23 bits per heavy atom. The first-order valence-corrected chi connectivity index (χ1v) is 9.48. The van der Waals surface area contributed by atoms with Crippen LogP contribution in [0.5, 0.6) is 5.88 Å². The zero-order chi connectivity index (χ0) is 19.7. The summed E-state index contributed by atoms with van der Waals surface area (Å²) in [5.74, 6) is 0.446. The molecule has 0 aliphatic heterocycles. The van der Waals surface area contributed by atoms with E-state index in [1.807, 2.05) is 0 Å². The lowest BCUT2D eigenvalue weighted by Gasteiger charge is -2.19. The first kappa shape index (κ1) is 19.6. The number of rotatable bonds is 4. The van der Waals surface area contributed by atoms with Crippen molar-refractivity contribution in [3.63, 3.8) is 0 Å². The zero-order valence-electron chi connectivity index (χ0n) is 15.4. The van der Waals surface area contributed by atoms with E-state index in [9.17, 15) is 13.2 Å². The van der Waals surface area contributed by atoms with E-state index in [4.69, 9.17) is 9.47 Å². The van der Waals surface area contributed by atoms with Gasteiger partial charge < -0.3 is 14.8 Å². The molecule has 0 amide bonds. The molecule has 26 heavy (non-hydrogen) atoms. The molecule has 0 aliphatic carbocycles. The Morgan fingerprint density at radius 2 is 1.88 bits per heavy atom. The fraction of sp³-hybridized carbons (Fsp3) is 0.467. The topological polar surface area (TPSA) is 125 Å². The number of nitrogens with zero attached hydrogens (tertiary/aromatic N) is 4. The van der Waals surface area contributed by atoms with E-state index in [1.54, 1.807) is 33.8 Å². The molecule has 11 heteroatoms. The Morgan fingerprint density at radius 3 is 2.42 bits per heavy atom. The summed E-state index contributed by atoms with van der Waals surface area (Å²) in [5.41, 5.74) is -0.141. The normalized spacial score (nSPS) is 11.9. The number of hydrogen-bond donors (Lipinski definition) is 1. The average Bonchev–Trinajstić information content (AvgIpc) is 2.85. The first-order valence-electron chi connectivity index (χ1n) is 7.59. The van der Waals surface area contributed by atoms with Crippen molar-refractivity contribution in [2.75, 3.05) is 18.7 Å². The van der Waals surface area contributed by atoms with E-state index < -0.39 is 26.7 Å². The van der Waals surface area contributed by atoms with E-state index in [2.05, 4.69) is 20.4 Å². The van der Waals surface area contributed by atoms with Crippen molar-refractivity contribution >= 4 is 27.6 Å². The van der Waals surface area contributed by atoms with Gasteiger partial charge in [0.2, 0.25) is 15.7 Å². The molecule has 0 radical (unpaired) electrons. The predicted molar refractivity (Wildman–Crippen MR) is 93.6 cm³/mol. The lowest BCUT2D eigenvalue weighted by Crippen LogP contribution is -2.28. The summed E-state index contributed by atoms with van der Waals surface area (Å²) in [5, 5.41) is 6.54. The number of hydrogen-bond acceptors (Lipinski definition) is 9. The highest BCUT2D eigenvalue weighted by atomic mass is 32.2. The van der Waals surface area contributed by atoms with Gasteiger partial charge in [-0.25, -0.2) is 18.2 Å². The van der Waals surface area contributed by atoms with Crippen LogP contribution in [0.2, 0.25) is 0 Å². The number of carbonyl (C=O) groups is 1. The SMILES string of the molecule is COc1cc(Nc2cc(C)nn2C(=O)OC(C)(C)C)nc(S(C)(=O)=O)n1. The maximum atomic E-state index is 12.3. The molecular weight excluding hydrogens is 362 g/mol. The molecule has 2 aromatic heterocycles. The maximum absolute atomic E-state index is 12.3. The van der Waals surface area contributed by atoms with Gasteiger partial charge in [-0.1, -0.05) is 0 Å². The first-order chi connectivity index (χ1) is 11.9. The molecule has 0 aliphatic rings. The number of aromatic nitrogens is 4. The molecule has 0 aromatic carbocycles. The summed E-state index contributed by atoms with van der Waals surface area (Å²) >= 11 is 0. The largest absolute Gasteiger partial charge is 0.481 e. The molecule has 0 unspecified atom stereocenters. The number of sulfone groups is 1. The van der Waals surface area contributed by atoms with Gasteiger partial charge in [-0.3, -0.25) is 0 Å². The zero-order valence-corrected chi connectivity index (χ0v) is 16.2. The van der Waals surface area contributed by atoms with Crippen LogP contribution in [0.1, 0.15) is 26.5 Å². The van der Waals surface area contributed by atoms with E-state index in [-0.39, 0.29) is 17.5 Å². The number of anilines is 2. The molecule has 0 saturated heterocycles. The summed E-state index contributed by atoms with van der Waals surface area (Å²) in [4.78, 5) is 20.1. The molecule has 0 spiro atoms. The van der Waals surface area contributed by atoms with Gasteiger partial charge in [0.05, 0.1) is 12.8 Å². The Bertz CT molecular complexity index is 930. The van der Waals surface area contributed by atoms with Gasteiger partial charge in [0, 0.05) is 18.4 Å². The third kappa shape index (κ3) is 4.91. The van der Waals surface area contributed by atoms with Gasteiger partial charge in [0.1, 0.15) is 17.2 Å². The summed E-state index contributed by atoms with van der Waals surface area (Å²) in [6.45, 7) is 6.92. The predicted octanol–water partition coefficient (Wildman–Crippen LogP) is 1.92. The minimum atomic E-state index is -3.65. The number of aryl methyl sites for hydroxylation is 1. The lowest BCUT2D eigenvalue weighted by molar-refractivity contribution is 0.0518. The molecule has 2 heterocycles. The van der Waals surface area contributed by atoms with Gasteiger partial charge in [-0.2, -0.15) is 10.1 Å². The van der Waals surface area contributed by atoms with Crippen LogP contribution in [0.15, 0.2) is 17.3 Å². The highest BCUT2D eigenvalue weighted by Gasteiger charge is 2.22. The van der Waals surface area contributed by atoms with Crippen molar-refractivity contribution in [1.29, 1.82) is 0 Å². The monoisotopic (exact) mass is 383 g/mol. The fourth-order valence-electron chi connectivity index (χ4n) is 1.90. The summed E-state index contributed by atoms with van der Waals surface area (Å²) in [6.07, 6.45) is 0.304. The second-order valence-electron chi connectivity index (χ2n) is 6.54. The molecule has 142 valence electrons. The van der Waals surface area contributed by atoms with Crippen molar-refractivity contribution in [2.24, 2.45) is 0 Å². The second kappa shape index (κ2) is 6.90. The molecule has 0 atom stereocenters. The number of nitrogens with one attached hydrogen (secondary N) is 1. The summed E-state index contributed by atoms with van der Waals surface area (Å²) < 4.78 is 34.8. The lowest BCUT2D eigenvalue weighted by atomic mass is 10.2. The quantitative estimate of drug-likeness (QED) is 0.788. The fourth-order valence-corrected chi connectivity index (χ4v) is 2.42. The van der Waals surface area contributed by atoms with Crippen LogP contribution in [0.3, 0.4) is 0 Å². The molecular formula is C15H21N5O5S. The van der Waals surface area contributed by atoms with Crippen molar-refractivity contribution in [3.05, 3.63) is 17.8 Å². The van der Waals surface area contributed by atoms with Crippen molar-refractivity contribution in [3.8, 4) is 5.88 Å². The average molecular weight is 383 g/mol. The highest BCUT2D eigenvalue weighted by Crippen LogP contribution is 2.22. The van der Waals surface area contributed by atoms with Crippen LogP contribution < -0.4 is 10.1 Å². The van der Waals surface area contributed by atoms with E-state index >= 15 is 0 Å².